The third-order valence-electron chi connectivity index (χ3n) is 3.81. The quantitative estimate of drug-likeness (QED) is 0.420. The van der Waals surface area contributed by atoms with Crippen LogP contribution >= 0.6 is 15.9 Å². The molecule has 0 saturated heterocycles. The molecule has 0 heterocycles. The summed E-state index contributed by atoms with van der Waals surface area (Å²) in [5.74, 6) is 0. The lowest BCUT2D eigenvalue weighted by Gasteiger charge is -2.13. The summed E-state index contributed by atoms with van der Waals surface area (Å²) in [5.41, 5.74) is 4.78. The van der Waals surface area contributed by atoms with Crippen LogP contribution in [0.25, 0.3) is 22.3 Å². The maximum atomic E-state index is 11.4. The minimum atomic E-state index is -0.334. The minimum Gasteiger partial charge on any atom is -0.258 e. The summed E-state index contributed by atoms with van der Waals surface area (Å²) in [5, 5.41) is 11.4. The number of benzene rings is 3. The highest BCUT2D eigenvalue weighted by Crippen LogP contribution is 2.39. The van der Waals surface area contributed by atoms with Crippen LogP contribution in [-0.2, 0) is 0 Å². The Morgan fingerprint density at radius 2 is 1.48 bits per heavy atom. The van der Waals surface area contributed by atoms with Crippen molar-refractivity contribution in [2.75, 3.05) is 0 Å². The highest BCUT2D eigenvalue weighted by molar-refractivity contribution is 9.10. The van der Waals surface area contributed by atoms with Crippen LogP contribution in [0.1, 0.15) is 5.56 Å². The number of halogens is 1. The summed E-state index contributed by atoms with van der Waals surface area (Å²) in [6.07, 6.45) is 0. The summed E-state index contributed by atoms with van der Waals surface area (Å²) in [4.78, 5) is 11.0. The molecular formula is C19H14BrNO2. The molecule has 3 rings (SSSR count). The molecule has 3 nitrogen and oxygen atoms in total. The molecule has 3 aromatic rings. The van der Waals surface area contributed by atoms with Gasteiger partial charge in [0.2, 0.25) is 0 Å². The van der Waals surface area contributed by atoms with Gasteiger partial charge in [-0.1, -0.05) is 58.4 Å². The van der Waals surface area contributed by atoms with Crippen molar-refractivity contribution >= 4 is 21.6 Å². The van der Waals surface area contributed by atoms with Crippen LogP contribution in [0.4, 0.5) is 5.69 Å². The molecule has 0 atom stereocenters. The van der Waals surface area contributed by atoms with E-state index in [1.54, 1.807) is 18.2 Å². The van der Waals surface area contributed by atoms with Crippen LogP contribution in [0, 0.1) is 17.0 Å². The van der Waals surface area contributed by atoms with E-state index in [0.29, 0.717) is 5.56 Å². The van der Waals surface area contributed by atoms with Crippen molar-refractivity contribution in [2.45, 2.75) is 6.92 Å². The summed E-state index contributed by atoms with van der Waals surface area (Å²) >= 11 is 3.50. The van der Waals surface area contributed by atoms with Crippen molar-refractivity contribution in [1.82, 2.24) is 0 Å². The number of nitrogens with zero attached hydrogens (tertiary/aromatic N) is 1. The Kier molecular flexibility index (Phi) is 4.26. The second-order valence-corrected chi connectivity index (χ2v) is 6.19. The molecule has 0 spiro atoms. The summed E-state index contributed by atoms with van der Waals surface area (Å²) in [6.45, 7) is 2.04. The van der Waals surface area contributed by atoms with E-state index in [4.69, 9.17) is 0 Å². The predicted molar refractivity (Wildman–Crippen MR) is 96.4 cm³/mol. The summed E-state index contributed by atoms with van der Waals surface area (Å²) in [7, 11) is 0. The molecule has 0 aliphatic rings. The summed E-state index contributed by atoms with van der Waals surface area (Å²) < 4.78 is 0.943. The van der Waals surface area contributed by atoms with Gasteiger partial charge in [0.1, 0.15) is 0 Å². The molecule has 0 unspecified atom stereocenters. The van der Waals surface area contributed by atoms with Crippen molar-refractivity contribution in [1.29, 1.82) is 0 Å². The number of nitro groups is 1. The molecule has 0 aromatic heterocycles. The molecule has 0 aliphatic heterocycles. The standard InChI is InChI=1S/C19H14BrNO2/c1-13-6-2-3-7-15(13)18-12-14(20)10-11-16(18)17-8-4-5-9-19(17)21(22)23/h2-12H,1H3. The molecule has 0 fully saturated rings. The van der Waals surface area contributed by atoms with Crippen molar-refractivity contribution in [3.8, 4) is 22.3 Å². The fraction of sp³-hybridized carbons (Fsp3) is 0.0526. The Morgan fingerprint density at radius 3 is 2.17 bits per heavy atom. The average Bonchev–Trinajstić information content (AvgIpc) is 2.55. The second kappa shape index (κ2) is 6.34. The topological polar surface area (TPSA) is 43.1 Å². The molecular weight excluding hydrogens is 354 g/mol. The first-order chi connectivity index (χ1) is 11.1. The lowest BCUT2D eigenvalue weighted by atomic mass is 9.91. The Morgan fingerprint density at radius 1 is 0.826 bits per heavy atom. The smallest absolute Gasteiger partial charge is 0.258 e. The first-order valence-corrected chi connectivity index (χ1v) is 7.96. The maximum absolute atomic E-state index is 11.4. The van der Waals surface area contributed by atoms with E-state index in [1.807, 2.05) is 55.5 Å². The second-order valence-electron chi connectivity index (χ2n) is 5.28. The van der Waals surface area contributed by atoms with Gasteiger partial charge in [-0.2, -0.15) is 0 Å². The highest BCUT2D eigenvalue weighted by Gasteiger charge is 2.18. The van der Waals surface area contributed by atoms with Crippen LogP contribution in [0.3, 0.4) is 0 Å². The minimum absolute atomic E-state index is 0.115. The zero-order chi connectivity index (χ0) is 16.4. The van der Waals surface area contributed by atoms with Crippen LogP contribution in [-0.4, -0.2) is 4.92 Å². The first kappa shape index (κ1) is 15.4. The summed E-state index contributed by atoms with van der Waals surface area (Å²) in [6, 6.07) is 20.7. The number of rotatable bonds is 3. The SMILES string of the molecule is Cc1ccccc1-c1cc(Br)ccc1-c1ccccc1[N+](=O)[O-]. The van der Waals surface area contributed by atoms with Gasteiger partial charge in [-0.25, -0.2) is 0 Å². The van der Waals surface area contributed by atoms with Gasteiger partial charge in [0, 0.05) is 10.5 Å². The zero-order valence-electron chi connectivity index (χ0n) is 12.5. The number of para-hydroxylation sites is 1. The first-order valence-electron chi connectivity index (χ1n) is 7.17. The molecule has 0 radical (unpaired) electrons. The van der Waals surface area contributed by atoms with E-state index >= 15 is 0 Å². The van der Waals surface area contributed by atoms with Gasteiger partial charge in [-0.05, 0) is 47.4 Å². The van der Waals surface area contributed by atoms with Gasteiger partial charge < -0.3 is 0 Å². The lowest BCUT2D eigenvalue weighted by molar-refractivity contribution is -0.384. The van der Waals surface area contributed by atoms with Gasteiger partial charge >= 0.3 is 0 Å². The monoisotopic (exact) mass is 367 g/mol. The van der Waals surface area contributed by atoms with Crippen LogP contribution < -0.4 is 0 Å². The third-order valence-corrected chi connectivity index (χ3v) is 4.30. The van der Waals surface area contributed by atoms with Crippen molar-refractivity contribution in [2.24, 2.45) is 0 Å². The van der Waals surface area contributed by atoms with E-state index in [-0.39, 0.29) is 10.6 Å². The molecule has 0 aliphatic carbocycles. The molecule has 0 amide bonds. The molecule has 0 N–H and O–H groups in total. The average molecular weight is 368 g/mol. The molecule has 114 valence electrons. The Labute approximate surface area is 142 Å². The van der Waals surface area contributed by atoms with E-state index in [1.165, 1.54) is 0 Å². The number of nitro benzene ring substituents is 1. The molecule has 0 bridgehead atoms. The van der Waals surface area contributed by atoms with Gasteiger partial charge in [0.15, 0.2) is 0 Å². The molecule has 0 saturated carbocycles. The van der Waals surface area contributed by atoms with E-state index in [2.05, 4.69) is 15.9 Å². The number of hydrogen-bond acceptors (Lipinski definition) is 2. The Bertz CT molecular complexity index is 890. The fourth-order valence-electron chi connectivity index (χ4n) is 2.71. The van der Waals surface area contributed by atoms with E-state index in [0.717, 1.165) is 26.7 Å². The number of hydrogen-bond donors (Lipinski definition) is 0. The van der Waals surface area contributed by atoms with Gasteiger partial charge in [0.05, 0.1) is 10.5 Å². The Balaban J connectivity index is 2.31. The van der Waals surface area contributed by atoms with Gasteiger partial charge in [-0.3, -0.25) is 10.1 Å². The molecule has 4 heteroatoms. The molecule has 23 heavy (non-hydrogen) atoms. The van der Waals surface area contributed by atoms with Gasteiger partial charge in [-0.15, -0.1) is 0 Å². The van der Waals surface area contributed by atoms with E-state index in [9.17, 15) is 10.1 Å². The van der Waals surface area contributed by atoms with Gasteiger partial charge in [0.25, 0.3) is 5.69 Å². The van der Waals surface area contributed by atoms with Crippen molar-refractivity contribution in [3.05, 3.63) is 86.9 Å². The van der Waals surface area contributed by atoms with E-state index < -0.39 is 0 Å². The fourth-order valence-corrected chi connectivity index (χ4v) is 3.07. The maximum Gasteiger partial charge on any atom is 0.277 e. The zero-order valence-corrected chi connectivity index (χ0v) is 14.1. The predicted octanol–water partition coefficient (Wildman–Crippen LogP) is 6.00. The number of aryl methyl sites for hydroxylation is 1. The van der Waals surface area contributed by atoms with Crippen LogP contribution in [0.2, 0.25) is 0 Å². The highest BCUT2D eigenvalue weighted by atomic mass is 79.9. The largest absolute Gasteiger partial charge is 0.277 e. The van der Waals surface area contributed by atoms with Crippen LogP contribution in [0.15, 0.2) is 71.2 Å². The van der Waals surface area contributed by atoms with Crippen molar-refractivity contribution in [3.63, 3.8) is 0 Å². The third kappa shape index (κ3) is 3.03. The Hall–Kier alpha value is -2.46. The normalized spacial score (nSPS) is 10.5. The lowest BCUT2D eigenvalue weighted by Crippen LogP contribution is -1.94. The van der Waals surface area contributed by atoms with Crippen LogP contribution in [0.5, 0.6) is 0 Å². The van der Waals surface area contributed by atoms with Crippen molar-refractivity contribution < 1.29 is 4.92 Å². The molecule has 3 aromatic carbocycles.